The first-order valence-electron chi connectivity index (χ1n) is 6.48. The lowest BCUT2D eigenvalue weighted by Crippen LogP contribution is -2.40. The van der Waals surface area contributed by atoms with Crippen molar-refractivity contribution < 1.29 is 4.74 Å². The van der Waals surface area contributed by atoms with Gasteiger partial charge in [0.05, 0.1) is 13.4 Å². The van der Waals surface area contributed by atoms with Gasteiger partial charge in [0.2, 0.25) is 0 Å². The summed E-state index contributed by atoms with van der Waals surface area (Å²) in [6, 6.07) is 0. The second-order valence-electron chi connectivity index (χ2n) is 6.02. The van der Waals surface area contributed by atoms with E-state index in [-0.39, 0.29) is 0 Å². The zero-order valence-electron chi connectivity index (χ0n) is 10.9. The van der Waals surface area contributed by atoms with Crippen molar-refractivity contribution in [3.8, 4) is 0 Å². The topological polar surface area (TPSA) is 9.23 Å². The Morgan fingerprint density at radius 3 is 2.81 bits per heavy atom. The van der Waals surface area contributed by atoms with Gasteiger partial charge in [-0.15, -0.1) is 0 Å². The van der Waals surface area contributed by atoms with Crippen molar-refractivity contribution >= 4 is 0 Å². The molecule has 16 heavy (non-hydrogen) atoms. The summed E-state index contributed by atoms with van der Waals surface area (Å²) < 4.78 is 5.20. The van der Waals surface area contributed by atoms with Crippen molar-refractivity contribution in [1.29, 1.82) is 0 Å². The van der Waals surface area contributed by atoms with Crippen LogP contribution in [0, 0.1) is 10.8 Å². The lowest BCUT2D eigenvalue weighted by Gasteiger charge is -2.50. The molecular weight excluding hydrogens is 196 g/mol. The molecule has 2 aliphatic rings. The van der Waals surface area contributed by atoms with Gasteiger partial charge >= 0.3 is 0 Å². The molecule has 0 aromatic heterocycles. The summed E-state index contributed by atoms with van der Waals surface area (Å²) in [6.07, 6.45) is 14.5. The molecule has 0 aromatic carbocycles. The summed E-state index contributed by atoms with van der Waals surface area (Å²) in [6.45, 7) is 4.87. The smallest absolute Gasteiger partial charge is 0.0816 e. The molecule has 0 N–H and O–H groups in total. The fraction of sp³-hybridized carbons (Fsp3) is 0.733. The quantitative estimate of drug-likeness (QED) is 0.468. The van der Waals surface area contributed by atoms with E-state index in [0.29, 0.717) is 10.8 Å². The monoisotopic (exact) mass is 220 g/mol. The molecule has 2 rings (SSSR count). The maximum Gasteiger partial charge on any atom is 0.0816 e. The van der Waals surface area contributed by atoms with Crippen LogP contribution in [0.4, 0.5) is 0 Å². The van der Waals surface area contributed by atoms with Crippen LogP contribution in [0.5, 0.6) is 0 Å². The van der Waals surface area contributed by atoms with Gasteiger partial charge in [0, 0.05) is 0 Å². The maximum absolute atomic E-state index is 5.20. The van der Waals surface area contributed by atoms with Crippen LogP contribution >= 0.6 is 0 Å². The van der Waals surface area contributed by atoms with Crippen LogP contribution in [0.3, 0.4) is 0 Å². The van der Waals surface area contributed by atoms with Gasteiger partial charge in [-0.25, -0.2) is 0 Å². The largest absolute Gasteiger partial charge is 0.504 e. The molecule has 0 heterocycles. The third kappa shape index (κ3) is 1.92. The van der Waals surface area contributed by atoms with Gasteiger partial charge < -0.3 is 4.74 Å². The molecule has 0 aliphatic heterocycles. The number of allylic oxidation sites excluding steroid dienone is 3. The first kappa shape index (κ1) is 11.8. The Morgan fingerprint density at radius 1 is 1.31 bits per heavy atom. The van der Waals surface area contributed by atoms with Gasteiger partial charge in [-0.2, -0.15) is 0 Å². The predicted octanol–water partition coefficient (Wildman–Crippen LogP) is 4.45. The van der Waals surface area contributed by atoms with Crippen molar-refractivity contribution in [2.24, 2.45) is 10.8 Å². The summed E-state index contributed by atoms with van der Waals surface area (Å²) in [5, 5.41) is 0. The molecule has 1 fully saturated rings. The van der Waals surface area contributed by atoms with Crippen LogP contribution in [0.2, 0.25) is 0 Å². The maximum atomic E-state index is 5.20. The highest BCUT2D eigenvalue weighted by molar-refractivity contribution is 5.19. The summed E-state index contributed by atoms with van der Waals surface area (Å²) in [4.78, 5) is 0. The van der Waals surface area contributed by atoms with Gasteiger partial charge in [0.1, 0.15) is 0 Å². The molecule has 1 atom stereocenters. The van der Waals surface area contributed by atoms with Crippen molar-refractivity contribution in [3.05, 3.63) is 24.0 Å². The van der Waals surface area contributed by atoms with E-state index in [9.17, 15) is 0 Å². The summed E-state index contributed by atoms with van der Waals surface area (Å²) in [5.74, 6) is 0. The third-order valence-corrected chi connectivity index (χ3v) is 4.67. The number of ether oxygens (including phenoxy) is 1. The Bertz CT molecular complexity index is 311. The Kier molecular flexibility index (Phi) is 3.14. The van der Waals surface area contributed by atoms with Crippen LogP contribution in [0.1, 0.15) is 52.4 Å². The van der Waals surface area contributed by atoms with Crippen molar-refractivity contribution in [2.45, 2.75) is 52.4 Å². The highest BCUT2D eigenvalue weighted by atomic mass is 16.5. The van der Waals surface area contributed by atoms with Crippen LogP contribution in [0.15, 0.2) is 24.0 Å². The van der Waals surface area contributed by atoms with Gasteiger partial charge in [-0.3, -0.25) is 0 Å². The van der Waals surface area contributed by atoms with E-state index in [1.165, 1.54) is 44.1 Å². The molecule has 90 valence electrons. The molecule has 1 heteroatoms. The molecular formula is C15H24O. The summed E-state index contributed by atoms with van der Waals surface area (Å²) >= 11 is 0. The lowest BCUT2D eigenvalue weighted by atomic mass is 9.54. The Morgan fingerprint density at radius 2 is 2.12 bits per heavy atom. The zero-order chi connectivity index (χ0) is 11.6. The Labute approximate surface area is 99.6 Å². The molecule has 0 saturated heterocycles. The SMILES string of the molecule is COC=C1CCCC2(C=CCCC2(C)C)C1. The average molecular weight is 220 g/mol. The lowest BCUT2D eigenvalue weighted by molar-refractivity contribution is 0.0754. The third-order valence-electron chi connectivity index (χ3n) is 4.67. The molecule has 0 bridgehead atoms. The number of hydrogen-bond donors (Lipinski definition) is 0. The van der Waals surface area contributed by atoms with Gasteiger partial charge in [-0.05, 0) is 54.9 Å². The van der Waals surface area contributed by atoms with E-state index in [0.717, 1.165) is 0 Å². The second kappa shape index (κ2) is 4.27. The molecule has 0 radical (unpaired) electrons. The van der Waals surface area contributed by atoms with Crippen LogP contribution in [-0.4, -0.2) is 7.11 Å². The molecule has 0 aromatic rings. The fourth-order valence-electron chi connectivity index (χ4n) is 3.43. The standard InChI is InChI=1S/C15H24O/c1-14(2)8-4-5-9-15(14)10-6-7-13(11-15)12-16-3/h5,9,12H,4,6-8,10-11H2,1-3H3. The van der Waals surface area contributed by atoms with Gasteiger partial charge in [0.25, 0.3) is 0 Å². The zero-order valence-corrected chi connectivity index (χ0v) is 10.9. The van der Waals surface area contributed by atoms with E-state index < -0.39 is 0 Å². The van der Waals surface area contributed by atoms with Crippen molar-refractivity contribution in [2.75, 3.05) is 7.11 Å². The Hall–Kier alpha value is -0.720. The average Bonchev–Trinajstić information content (AvgIpc) is 2.24. The number of rotatable bonds is 1. The molecule has 1 unspecified atom stereocenters. The van der Waals surface area contributed by atoms with E-state index in [4.69, 9.17) is 4.74 Å². The molecule has 2 aliphatic carbocycles. The van der Waals surface area contributed by atoms with Crippen LogP contribution < -0.4 is 0 Å². The van der Waals surface area contributed by atoms with Crippen LogP contribution in [-0.2, 0) is 4.74 Å². The molecule has 1 nitrogen and oxygen atoms in total. The van der Waals surface area contributed by atoms with Gasteiger partial charge in [-0.1, -0.05) is 26.0 Å². The number of hydrogen-bond acceptors (Lipinski definition) is 1. The first-order valence-corrected chi connectivity index (χ1v) is 6.48. The van der Waals surface area contributed by atoms with Gasteiger partial charge in [0.15, 0.2) is 0 Å². The first-order chi connectivity index (χ1) is 7.60. The minimum absolute atomic E-state index is 0.397. The van der Waals surface area contributed by atoms with Crippen molar-refractivity contribution in [1.82, 2.24) is 0 Å². The predicted molar refractivity (Wildman–Crippen MR) is 68.1 cm³/mol. The van der Waals surface area contributed by atoms with E-state index >= 15 is 0 Å². The molecule has 1 saturated carbocycles. The fourth-order valence-corrected chi connectivity index (χ4v) is 3.43. The Balaban J connectivity index is 2.26. The van der Waals surface area contributed by atoms with Crippen LogP contribution in [0.25, 0.3) is 0 Å². The minimum Gasteiger partial charge on any atom is -0.504 e. The molecule has 1 spiro atoms. The van der Waals surface area contributed by atoms with E-state index in [1.54, 1.807) is 7.11 Å². The van der Waals surface area contributed by atoms with E-state index in [2.05, 4.69) is 26.0 Å². The second-order valence-corrected chi connectivity index (χ2v) is 6.02. The molecule has 0 amide bonds. The van der Waals surface area contributed by atoms with Crippen molar-refractivity contribution in [3.63, 3.8) is 0 Å². The highest BCUT2D eigenvalue weighted by Crippen LogP contribution is 2.56. The normalized spacial score (nSPS) is 35.6. The summed E-state index contributed by atoms with van der Waals surface area (Å²) in [7, 11) is 1.76. The number of methoxy groups -OCH3 is 1. The summed E-state index contributed by atoms with van der Waals surface area (Å²) in [5.41, 5.74) is 2.33. The highest BCUT2D eigenvalue weighted by Gasteiger charge is 2.45. The van der Waals surface area contributed by atoms with E-state index in [1.807, 2.05) is 6.26 Å². The minimum atomic E-state index is 0.397.